The van der Waals surface area contributed by atoms with Gasteiger partial charge in [0.15, 0.2) is 6.61 Å². The molecule has 1 aliphatic rings. The smallest absolute Gasteiger partial charge is 0.310 e. The minimum absolute atomic E-state index is 0.169. The zero-order chi connectivity index (χ0) is 19.1. The summed E-state index contributed by atoms with van der Waals surface area (Å²) in [6.07, 6.45) is 4.69. The summed E-state index contributed by atoms with van der Waals surface area (Å²) < 4.78 is 5.15. The topological polar surface area (TPSA) is 55.4 Å². The van der Waals surface area contributed by atoms with Gasteiger partial charge in [0.2, 0.25) is 0 Å². The molecule has 0 radical (unpaired) electrons. The maximum absolute atomic E-state index is 12.0. The minimum Gasteiger partial charge on any atom is -0.455 e. The monoisotopic (exact) mass is 365 g/mol. The Morgan fingerprint density at radius 3 is 2.33 bits per heavy atom. The zero-order valence-corrected chi connectivity index (χ0v) is 15.8. The van der Waals surface area contributed by atoms with E-state index in [4.69, 9.17) is 4.74 Å². The van der Waals surface area contributed by atoms with E-state index in [1.165, 1.54) is 6.42 Å². The molecule has 2 aromatic carbocycles. The first-order valence-corrected chi connectivity index (χ1v) is 9.71. The van der Waals surface area contributed by atoms with Crippen molar-refractivity contribution in [2.75, 3.05) is 6.61 Å². The third-order valence-corrected chi connectivity index (χ3v) is 5.23. The number of ether oxygens (including phenoxy) is 1. The third-order valence-electron chi connectivity index (χ3n) is 5.23. The predicted molar refractivity (Wildman–Crippen MR) is 106 cm³/mol. The SMILES string of the molecule is C[C@H]1CCCC[C@@H]1NC(=O)COC(=O)Cc1ccc(-c2ccccc2)cc1. The summed E-state index contributed by atoms with van der Waals surface area (Å²) in [4.78, 5) is 24.1. The number of benzene rings is 2. The van der Waals surface area contributed by atoms with Crippen LogP contribution >= 0.6 is 0 Å². The fourth-order valence-corrected chi connectivity index (χ4v) is 3.59. The van der Waals surface area contributed by atoms with E-state index in [1.54, 1.807) is 0 Å². The van der Waals surface area contributed by atoms with Crippen LogP contribution in [0.4, 0.5) is 0 Å². The van der Waals surface area contributed by atoms with Gasteiger partial charge in [0.25, 0.3) is 5.91 Å². The van der Waals surface area contributed by atoms with E-state index in [0.29, 0.717) is 5.92 Å². The zero-order valence-electron chi connectivity index (χ0n) is 15.8. The predicted octanol–water partition coefficient (Wildman–Crippen LogP) is 4.13. The summed E-state index contributed by atoms with van der Waals surface area (Å²) in [5, 5.41) is 3.00. The number of hydrogen-bond acceptors (Lipinski definition) is 3. The van der Waals surface area contributed by atoms with Crippen LogP contribution in [-0.2, 0) is 20.7 Å². The van der Waals surface area contributed by atoms with Gasteiger partial charge in [-0.1, -0.05) is 74.4 Å². The quantitative estimate of drug-likeness (QED) is 0.783. The van der Waals surface area contributed by atoms with Gasteiger partial charge in [-0.2, -0.15) is 0 Å². The first-order valence-electron chi connectivity index (χ1n) is 9.71. The molecule has 0 spiro atoms. The minimum atomic E-state index is -0.380. The van der Waals surface area contributed by atoms with Crippen LogP contribution in [-0.4, -0.2) is 24.5 Å². The molecular formula is C23H27NO3. The fraction of sp³-hybridized carbons (Fsp3) is 0.391. The van der Waals surface area contributed by atoms with Crippen LogP contribution in [0.5, 0.6) is 0 Å². The van der Waals surface area contributed by atoms with E-state index in [1.807, 2.05) is 42.5 Å². The molecule has 0 aliphatic heterocycles. The van der Waals surface area contributed by atoms with Crippen molar-refractivity contribution in [2.45, 2.75) is 45.1 Å². The second-order valence-electron chi connectivity index (χ2n) is 7.34. The Balaban J connectivity index is 1.44. The van der Waals surface area contributed by atoms with Gasteiger partial charge >= 0.3 is 5.97 Å². The number of rotatable bonds is 6. The summed E-state index contributed by atoms with van der Waals surface area (Å²) >= 11 is 0. The van der Waals surface area contributed by atoms with Crippen molar-refractivity contribution in [3.8, 4) is 11.1 Å². The molecule has 142 valence electrons. The van der Waals surface area contributed by atoms with E-state index in [2.05, 4.69) is 24.4 Å². The molecule has 3 rings (SSSR count). The van der Waals surface area contributed by atoms with Crippen LogP contribution in [0.3, 0.4) is 0 Å². The number of esters is 1. The molecule has 0 bridgehead atoms. The molecule has 1 aliphatic carbocycles. The van der Waals surface area contributed by atoms with Gasteiger partial charge in [0.1, 0.15) is 0 Å². The number of amides is 1. The average Bonchev–Trinajstić information content (AvgIpc) is 2.69. The normalized spacial score (nSPS) is 19.3. The Kier molecular flexibility index (Phi) is 6.64. The highest BCUT2D eigenvalue weighted by molar-refractivity contribution is 5.81. The summed E-state index contributed by atoms with van der Waals surface area (Å²) in [6, 6.07) is 18.1. The molecular weight excluding hydrogens is 338 g/mol. The highest BCUT2D eigenvalue weighted by atomic mass is 16.5. The van der Waals surface area contributed by atoms with Crippen molar-refractivity contribution in [3.05, 3.63) is 60.2 Å². The van der Waals surface area contributed by atoms with Crippen LogP contribution < -0.4 is 5.32 Å². The first-order chi connectivity index (χ1) is 13.1. The molecule has 4 nitrogen and oxygen atoms in total. The van der Waals surface area contributed by atoms with Crippen LogP contribution in [0, 0.1) is 5.92 Å². The summed E-state index contributed by atoms with van der Waals surface area (Å²) in [7, 11) is 0. The maximum Gasteiger partial charge on any atom is 0.310 e. The molecule has 1 N–H and O–H groups in total. The molecule has 4 heteroatoms. The van der Waals surface area contributed by atoms with E-state index in [-0.39, 0.29) is 30.9 Å². The van der Waals surface area contributed by atoms with Gasteiger partial charge in [-0.25, -0.2) is 0 Å². The van der Waals surface area contributed by atoms with Crippen molar-refractivity contribution in [1.82, 2.24) is 5.32 Å². The van der Waals surface area contributed by atoms with Crippen LogP contribution in [0.15, 0.2) is 54.6 Å². The third kappa shape index (κ3) is 5.68. The molecule has 1 amide bonds. The molecule has 0 aromatic heterocycles. The number of nitrogens with one attached hydrogen (secondary N) is 1. The molecule has 0 heterocycles. The Hall–Kier alpha value is -2.62. The fourth-order valence-electron chi connectivity index (χ4n) is 3.59. The number of carbonyl (C=O) groups excluding carboxylic acids is 2. The molecule has 1 saturated carbocycles. The largest absolute Gasteiger partial charge is 0.455 e. The van der Waals surface area contributed by atoms with Crippen molar-refractivity contribution in [3.63, 3.8) is 0 Å². The van der Waals surface area contributed by atoms with Crippen molar-refractivity contribution in [1.29, 1.82) is 0 Å². The van der Waals surface area contributed by atoms with Gasteiger partial charge in [0, 0.05) is 6.04 Å². The van der Waals surface area contributed by atoms with Gasteiger partial charge in [0.05, 0.1) is 6.42 Å². The molecule has 0 saturated heterocycles. The standard InChI is InChI=1S/C23H27NO3/c1-17-7-5-6-10-21(17)24-22(25)16-27-23(26)15-18-11-13-20(14-12-18)19-8-3-2-4-9-19/h2-4,8-9,11-14,17,21H,5-7,10,15-16H2,1H3,(H,24,25)/t17-,21-/m0/s1. The molecule has 1 fully saturated rings. The molecule has 2 aromatic rings. The van der Waals surface area contributed by atoms with Crippen molar-refractivity contribution in [2.24, 2.45) is 5.92 Å². The van der Waals surface area contributed by atoms with Gasteiger partial charge in [-0.3, -0.25) is 9.59 Å². The lowest BCUT2D eigenvalue weighted by Crippen LogP contribution is -2.42. The second-order valence-corrected chi connectivity index (χ2v) is 7.34. The van der Waals surface area contributed by atoms with Gasteiger partial charge < -0.3 is 10.1 Å². The van der Waals surface area contributed by atoms with E-state index in [0.717, 1.165) is 36.0 Å². The lowest BCUT2D eigenvalue weighted by molar-refractivity contribution is -0.148. The van der Waals surface area contributed by atoms with Crippen LogP contribution in [0.1, 0.15) is 38.2 Å². The summed E-state index contributed by atoms with van der Waals surface area (Å²) in [6.45, 7) is 1.96. The van der Waals surface area contributed by atoms with Crippen molar-refractivity contribution >= 4 is 11.9 Å². The average molecular weight is 365 g/mol. The molecule has 0 unspecified atom stereocenters. The van der Waals surface area contributed by atoms with Gasteiger partial charge in [-0.05, 0) is 35.4 Å². The Morgan fingerprint density at radius 1 is 0.963 bits per heavy atom. The lowest BCUT2D eigenvalue weighted by Gasteiger charge is -2.29. The van der Waals surface area contributed by atoms with E-state index >= 15 is 0 Å². The Bertz CT molecular complexity index is 755. The Morgan fingerprint density at radius 2 is 1.63 bits per heavy atom. The van der Waals surface area contributed by atoms with E-state index in [9.17, 15) is 9.59 Å². The first kappa shape index (κ1) is 19.2. The molecule has 27 heavy (non-hydrogen) atoms. The molecule has 2 atom stereocenters. The maximum atomic E-state index is 12.0. The summed E-state index contributed by atoms with van der Waals surface area (Å²) in [5.74, 6) is -0.0997. The van der Waals surface area contributed by atoms with Crippen molar-refractivity contribution < 1.29 is 14.3 Å². The highest BCUT2D eigenvalue weighted by Gasteiger charge is 2.23. The summed E-state index contributed by atoms with van der Waals surface area (Å²) in [5.41, 5.74) is 3.12. The van der Waals surface area contributed by atoms with Gasteiger partial charge in [-0.15, -0.1) is 0 Å². The van der Waals surface area contributed by atoms with Crippen LogP contribution in [0.25, 0.3) is 11.1 Å². The number of carbonyl (C=O) groups is 2. The Labute approximate surface area is 160 Å². The van der Waals surface area contributed by atoms with Crippen LogP contribution in [0.2, 0.25) is 0 Å². The highest BCUT2D eigenvalue weighted by Crippen LogP contribution is 2.23. The lowest BCUT2D eigenvalue weighted by atomic mass is 9.86. The van der Waals surface area contributed by atoms with E-state index < -0.39 is 0 Å². The number of hydrogen-bond donors (Lipinski definition) is 1. The second kappa shape index (κ2) is 9.36.